The van der Waals surface area contributed by atoms with E-state index in [0.29, 0.717) is 35.6 Å². The zero-order valence-electron chi connectivity index (χ0n) is 11.3. The normalized spacial score (nSPS) is 15.7. The summed E-state index contributed by atoms with van der Waals surface area (Å²) in [6.45, 7) is 2.84. The summed E-state index contributed by atoms with van der Waals surface area (Å²) >= 11 is 0. The average Bonchev–Trinajstić information content (AvgIpc) is 2.55. The lowest BCUT2D eigenvalue weighted by atomic mass is 10.2. The molecule has 1 saturated heterocycles. The molecular formula is C15H13N3O3. The van der Waals surface area contributed by atoms with Gasteiger partial charge in [-0.05, 0) is 12.1 Å². The number of hydrogen-bond acceptors (Lipinski definition) is 6. The first-order valence-electron chi connectivity index (χ1n) is 6.84. The highest BCUT2D eigenvalue weighted by Gasteiger charge is 2.16. The molecule has 0 aliphatic carbocycles. The van der Waals surface area contributed by atoms with Crippen molar-refractivity contribution < 1.29 is 9.15 Å². The van der Waals surface area contributed by atoms with Crippen LogP contribution in [0.2, 0.25) is 0 Å². The Bertz CT molecular complexity index is 869. The molecule has 0 saturated carbocycles. The molecule has 0 bridgehead atoms. The summed E-state index contributed by atoms with van der Waals surface area (Å²) in [4.78, 5) is 22.9. The van der Waals surface area contributed by atoms with Crippen molar-refractivity contribution in [2.24, 2.45) is 0 Å². The molecule has 1 fully saturated rings. The highest BCUT2D eigenvalue weighted by atomic mass is 16.5. The van der Waals surface area contributed by atoms with Crippen LogP contribution in [0.5, 0.6) is 0 Å². The molecule has 0 radical (unpaired) electrons. The van der Waals surface area contributed by atoms with Crippen LogP contribution in [0.25, 0.3) is 21.9 Å². The third kappa shape index (κ3) is 2.04. The summed E-state index contributed by atoms with van der Waals surface area (Å²) in [5.74, 6) is 0.626. The van der Waals surface area contributed by atoms with Crippen LogP contribution in [0.3, 0.4) is 0 Å². The first kappa shape index (κ1) is 12.3. The molecule has 0 N–H and O–H groups in total. The Hall–Kier alpha value is -2.47. The summed E-state index contributed by atoms with van der Waals surface area (Å²) in [5, 5.41) is 1.23. The summed E-state index contributed by atoms with van der Waals surface area (Å²) in [7, 11) is 0. The van der Waals surface area contributed by atoms with Crippen molar-refractivity contribution >= 4 is 27.8 Å². The summed E-state index contributed by atoms with van der Waals surface area (Å²) in [6, 6.07) is 7.41. The number of hydrogen-bond donors (Lipinski definition) is 0. The molecule has 2 aromatic heterocycles. The predicted molar refractivity (Wildman–Crippen MR) is 78.6 cm³/mol. The van der Waals surface area contributed by atoms with E-state index in [9.17, 15) is 4.79 Å². The zero-order chi connectivity index (χ0) is 14.2. The third-order valence-electron chi connectivity index (χ3n) is 3.63. The largest absolute Gasteiger partial charge is 0.422 e. The number of fused-ring (bicyclic) bond motifs is 3. The molecule has 0 atom stereocenters. The minimum atomic E-state index is -0.405. The lowest BCUT2D eigenvalue weighted by Crippen LogP contribution is -2.37. The maximum Gasteiger partial charge on any atom is 0.347 e. The summed E-state index contributed by atoms with van der Waals surface area (Å²) in [6.07, 6.45) is 1.55. The molecule has 1 aromatic carbocycles. The maximum absolute atomic E-state index is 12.0. The van der Waals surface area contributed by atoms with Crippen molar-refractivity contribution in [3.05, 3.63) is 40.9 Å². The van der Waals surface area contributed by atoms with Gasteiger partial charge in [-0.1, -0.05) is 12.1 Å². The topological polar surface area (TPSA) is 68.5 Å². The SMILES string of the molecule is O=c1oc2ccccc2c2nc(N3CCOCC3)ncc12. The van der Waals surface area contributed by atoms with Gasteiger partial charge in [-0.25, -0.2) is 14.8 Å². The van der Waals surface area contributed by atoms with Gasteiger partial charge in [0, 0.05) is 24.7 Å². The number of morpholine rings is 1. The minimum Gasteiger partial charge on any atom is -0.422 e. The van der Waals surface area contributed by atoms with Gasteiger partial charge in [0.15, 0.2) is 0 Å². The van der Waals surface area contributed by atoms with Gasteiger partial charge in [0.25, 0.3) is 0 Å². The lowest BCUT2D eigenvalue weighted by molar-refractivity contribution is 0.122. The molecule has 1 aliphatic rings. The molecule has 0 amide bonds. The molecule has 0 spiro atoms. The number of aromatic nitrogens is 2. The van der Waals surface area contributed by atoms with E-state index in [1.54, 1.807) is 12.3 Å². The van der Waals surface area contributed by atoms with E-state index >= 15 is 0 Å². The van der Waals surface area contributed by atoms with Crippen molar-refractivity contribution in [1.82, 2.24) is 9.97 Å². The van der Waals surface area contributed by atoms with Crippen LogP contribution in [0.15, 0.2) is 39.7 Å². The van der Waals surface area contributed by atoms with Crippen molar-refractivity contribution in [2.75, 3.05) is 31.2 Å². The van der Waals surface area contributed by atoms with Crippen LogP contribution in [0, 0.1) is 0 Å². The van der Waals surface area contributed by atoms with E-state index in [1.165, 1.54) is 0 Å². The second kappa shape index (κ2) is 4.82. The van der Waals surface area contributed by atoms with E-state index in [0.717, 1.165) is 18.5 Å². The Morgan fingerprint density at radius 2 is 1.90 bits per heavy atom. The monoisotopic (exact) mass is 283 g/mol. The smallest absolute Gasteiger partial charge is 0.347 e. The summed E-state index contributed by atoms with van der Waals surface area (Å²) in [5.41, 5.74) is 0.775. The van der Waals surface area contributed by atoms with E-state index in [1.807, 2.05) is 18.2 Å². The molecule has 6 heteroatoms. The Morgan fingerprint density at radius 1 is 1.10 bits per heavy atom. The molecule has 3 aromatic rings. The molecular weight excluding hydrogens is 270 g/mol. The van der Waals surface area contributed by atoms with Gasteiger partial charge in [0.1, 0.15) is 11.0 Å². The highest BCUT2D eigenvalue weighted by molar-refractivity contribution is 6.01. The fraction of sp³-hybridized carbons (Fsp3) is 0.267. The number of rotatable bonds is 1. The molecule has 4 rings (SSSR count). The number of nitrogens with zero attached hydrogens (tertiary/aromatic N) is 3. The first-order chi connectivity index (χ1) is 10.3. The third-order valence-corrected chi connectivity index (χ3v) is 3.63. The molecule has 3 heterocycles. The van der Waals surface area contributed by atoms with Crippen LogP contribution < -0.4 is 10.5 Å². The molecule has 6 nitrogen and oxygen atoms in total. The fourth-order valence-electron chi connectivity index (χ4n) is 2.55. The van der Waals surface area contributed by atoms with Crippen molar-refractivity contribution in [3.8, 4) is 0 Å². The number of ether oxygens (including phenoxy) is 1. The van der Waals surface area contributed by atoms with E-state index < -0.39 is 5.63 Å². The number of anilines is 1. The van der Waals surface area contributed by atoms with Gasteiger partial charge in [-0.2, -0.15) is 0 Å². The van der Waals surface area contributed by atoms with E-state index in [2.05, 4.69) is 14.9 Å². The number of benzene rings is 1. The predicted octanol–water partition coefficient (Wildman–Crippen LogP) is 1.57. The molecule has 0 unspecified atom stereocenters. The van der Waals surface area contributed by atoms with Gasteiger partial charge in [-0.15, -0.1) is 0 Å². The van der Waals surface area contributed by atoms with Crippen molar-refractivity contribution in [3.63, 3.8) is 0 Å². The Kier molecular flexibility index (Phi) is 2.82. The van der Waals surface area contributed by atoms with Crippen LogP contribution in [0.4, 0.5) is 5.95 Å². The van der Waals surface area contributed by atoms with Crippen LogP contribution in [-0.2, 0) is 4.74 Å². The van der Waals surface area contributed by atoms with Gasteiger partial charge in [0.05, 0.1) is 18.7 Å². The Morgan fingerprint density at radius 3 is 2.76 bits per heavy atom. The van der Waals surface area contributed by atoms with E-state index in [-0.39, 0.29) is 0 Å². The lowest BCUT2D eigenvalue weighted by Gasteiger charge is -2.26. The molecule has 106 valence electrons. The Balaban J connectivity index is 1.96. The van der Waals surface area contributed by atoms with Crippen molar-refractivity contribution in [2.45, 2.75) is 0 Å². The van der Waals surface area contributed by atoms with Crippen LogP contribution in [-0.4, -0.2) is 36.3 Å². The highest BCUT2D eigenvalue weighted by Crippen LogP contribution is 2.22. The summed E-state index contributed by atoms with van der Waals surface area (Å²) < 4.78 is 10.6. The maximum atomic E-state index is 12.0. The van der Waals surface area contributed by atoms with Crippen LogP contribution >= 0.6 is 0 Å². The zero-order valence-corrected chi connectivity index (χ0v) is 11.3. The minimum absolute atomic E-state index is 0.405. The van der Waals surface area contributed by atoms with Gasteiger partial charge < -0.3 is 14.1 Å². The van der Waals surface area contributed by atoms with Gasteiger partial charge in [-0.3, -0.25) is 0 Å². The fourth-order valence-corrected chi connectivity index (χ4v) is 2.55. The van der Waals surface area contributed by atoms with Crippen LogP contribution in [0.1, 0.15) is 0 Å². The van der Waals surface area contributed by atoms with Gasteiger partial charge >= 0.3 is 5.63 Å². The van der Waals surface area contributed by atoms with Gasteiger partial charge in [0.2, 0.25) is 5.95 Å². The second-order valence-electron chi connectivity index (χ2n) is 4.92. The molecule has 21 heavy (non-hydrogen) atoms. The quantitative estimate of drug-likeness (QED) is 0.499. The van der Waals surface area contributed by atoms with E-state index in [4.69, 9.17) is 9.15 Å². The standard InChI is InChI=1S/C15H13N3O3/c19-14-11-9-16-15(18-5-7-20-8-6-18)17-13(11)10-3-1-2-4-12(10)21-14/h1-4,9H,5-8H2. The molecule has 1 aliphatic heterocycles. The second-order valence-corrected chi connectivity index (χ2v) is 4.92. The van der Waals surface area contributed by atoms with Crippen molar-refractivity contribution in [1.29, 1.82) is 0 Å². The number of para-hydroxylation sites is 1. The first-order valence-corrected chi connectivity index (χ1v) is 6.84. The Labute approximate surface area is 120 Å². The average molecular weight is 283 g/mol.